The molecule has 1 heterocycles. The summed E-state index contributed by atoms with van der Waals surface area (Å²) in [7, 11) is -3.53. The van der Waals surface area contributed by atoms with Gasteiger partial charge in [-0.05, 0) is 44.0 Å². The van der Waals surface area contributed by atoms with E-state index in [1.807, 2.05) is 6.92 Å². The molecule has 0 aliphatic carbocycles. The normalized spacial score (nSPS) is 20.2. The number of nitrogens with zero attached hydrogens (tertiary/aromatic N) is 1. The molecule has 1 aliphatic heterocycles. The third-order valence-corrected chi connectivity index (χ3v) is 5.97. The average Bonchev–Trinajstić information content (AvgIpc) is 2.48. The quantitative estimate of drug-likeness (QED) is 0.875. The molecule has 7 heteroatoms. The van der Waals surface area contributed by atoms with Crippen molar-refractivity contribution >= 4 is 31.9 Å². The number of rotatable bonds is 4. The van der Waals surface area contributed by atoms with E-state index in [0.717, 1.165) is 10.9 Å². The first-order valence-corrected chi connectivity index (χ1v) is 9.22. The van der Waals surface area contributed by atoms with Crippen molar-refractivity contribution in [3.05, 3.63) is 28.7 Å². The van der Waals surface area contributed by atoms with Crippen molar-refractivity contribution in [2.24, 2.45) is 5.92 Å². The van der Waals surface area contributed by atoms with E-state index in [1.54, 1.807) is 24.3 Å². The number of hydrogen-bond donors (Lipinski definition) is 1. The maximum absolute atomic E-state index is 12.6. The average molecular weight is 375 g/mol. The molecular weight excluding hydrogens is 356 g/mol. The summed E-state index contributed by atoms with van der Waals surface area (Å²) in [5.74, 6) is -0.322. The highest BCUT2D eigenvalue weighted by Gasteiger charge is 2.32. The van der Waals surface area contributed by atoms with E-state index in [1.165, 1.54) is 4.31 Å². The number of hydrogen-bond acceptors (Lipinski definition) is 3. The van der Waals surface area contributed by atoms with Crippen molar-refractivity contribution in [1.29, 1.82) is 0 Å². The molecule has 1 atom stereocenters. The van der Waals surface area contributed by atoms with Crippen LogP contribution in [0.1, 0.15) is 19.8 Å². The first kappa shape index (κ1) is 16.5. The van der Waals surface area contributed by atoms with Crippen LogP contribution in [0, 0.1) is 5.92 Å². The molecule has 0 radical (unpaired) electrons. The van der Waals surface area contributed by atoms with Gasteiger partial charge in [0, 0.05) is 24.1 Å². The molecule has 1 aromatic rings. The molecule has 1 aromatic carbocycles. The lowest BCUT2D eigenvalue weighted by atomic mass is 9.99. The fraction of sp³-hybridized carbons (Fsp3) is 0.500. The number of sulfonamides is 1. The Kier molecular flexibility index (Phi) is 5.40. The maximum atomic E-state index is 12.6. The second-order valence-corrected chi connectivity index (χ2v) is 7.90. The predicted octanol–water partition coefficient (Wildman–Crippen LogP) is 1.99. The Labute approximate surface area is 133 Å². The molecule has 1 aliphatic rings. The fourth-order valence-corrected chi connectivity index (χ4v) is 4.24. The van der Waals surface area contributed by atoms with E-state index in [-0.39, 0.29) is 23.3 Å². The number of amides is 1. The highest BCUT2D eigenvalue weighted by molar-refractivity contribution is 9.10. The smallest absolute Gasteiger partial charge is 0.243 e. The molecule has 21 heavy (non-hydrogen) atoms. The minimum absolute atomic E-state index is 0.0618. The highest BCUT2D eigenvalue weighted by Crippen LogP contribution is 2.24. The van der Waals surface area contributed by atoms with Gasteiger partial charge in [0.25, 0.3) is 0 Å². The molecule has 5 nitrogen and oxygen atoms in total. The Morgan fingerprint density at radius 1 is 1.38 bits per heavy atom. The van der Waals surface area contributed by atoms with Crippen molar-refractivity contribution in [2.75, 3.05) is 19.6 Å². The van der Waals surface area contributed by atoms with E-state index < -0.39 is 10.0 Å². The van der Waals surface area contributed by atoms with Crippen LogP contribution in [-0.4, -0.2) is 38.3 Å². The molecule has 1 fully saturated rings. The number of benzene rings is 1. The summed E-state index contributed by atoms with van der Waals surface area (Å²) < 4.78 is 27.5. The number of halogens is 1. The molecule has 0 saturated carbocycles. The maximum Gasteiger partial charge on any atom is 0.243 e. The SMILES string of the molecule is CCNC(=O)[C@@H]1CCCN(S(=O)(=O)c2ccc(Br)cc2)C1. The lowest BCUT2D eigenvalue weighted by molar-refractivity contribution is -0.125. The van der Waals surface area contributed by atoms with Crippen LogP contribution in [0.2, 0.25) is 0 Å². The summed E-state index contributed by atoms with van der Waals surface area (Å²) in [6.45, 7) is 3.14. The fourth-order valence-electron chi connectivity index (χ4n) is 2.45. The van der Waals surface area contributed by atoms with E-state index in [2.05, 4.69) is 21.2 Å². The monoisotopic (exact) mass is 374 g/mol. The van der Waals surface area contributed by atoms with Crippen LogP contribution in [0.25, 0.3) is 0 Å². The lowest BCUT2D eigenvalue weighted by Crippen LogP contribution is -2.45. The lowest BCUT2D eigenvalue weighted by Gasteiger charge is -2.31. The molecule has 0 aromatic heterocycles. The van der Waals surface area contributed by atoms with E-state index in [9.17, 15) is 13.2 Å². The van der Waals surface area contributed by atoms with E-state index in [4.69, 9.17) is 0 Å². The van der Waals surface area contributed by atoms with Gasteiger partial charge in [0.15, 0.2) is 0 Å². The van der Waals surface area contributed by atoms with Gasteiger partial charge in [-0.25, -0.2) is 8.42 Å². The summed E-state index contributed by atoms with van der Waals surface area (Å²) in [4.78, 5) is 12.2. The van der Waals surface area contributed by atoms with Gasteiger partial charge in [-0.15, -0.1) is 0 Å². The molecule has 1 saturated heterocycles. The Balaban J connectivity index is 2.16. The van der Waals surface area contributed by atoms with Gasteiger partial charge in [0.1, 0.15) is 0 Å². The third kappa shape index (κ3) is 3.84. The number of carbonyl (C=O) groups is 1. The molecule has 0 bridgehead atoms. The Morgan fingerprint density at radius 3 is 2.67 bits per heavy atom. The zero-order valence-corrected chi connectivity index (χ0v) is 14.3. The van der Waals surface area contributed by atoms with Crippen molar-refractivity contribution < 1.29 is 13.2 Å². The van der Waals surface area contributed by atoms with Gasteiger partial charge in [0.2, 0.25) is 15.9 Å². The van der Waals surface area contributed by atoms with Crippen molar-refractivity contribution in [3.63, 3.8) is 0 Å². The standard InChI is InChI=1S/C14H19BrN2O3S/c1-2-16-14(18)11-4-3-9-17(10-11)21(19,20)13-7-5-12(15)6-8-13/h5-8,11H,2-4,9-10H2,1H3,(H,16,18)/t11-/m1/s1. The number of piperidine rings is 1. The topological polar surface area (TPSA) is 66.5 Å². The second kappa shape index (κ2) is 6.89. The van der Waals surface area contributed by atoms with Crippen LogP contribution in [0.3, 0.4) is 0 Å². The Morgan fingerprint density at radius 2 is 2.05 bits per heavy atom. The van der Waals surface area contributed by atoms with Crippen LogP contribution >= 0.6 is 15.9 Å². The third-order valence-electron chi connectivity index (χ3n) is 3.56. The van der Waals surface area contributed by atoms with E-state index in [0.29, 0.717) is 19.5 Å². The van der Waals surface area contributed by atoms with Crippen LogP contribution in [0.5, 0.6) is 0 Å². The summed E-state index contributed by atoms with van der Waals surface area (Å²) >= 11 is 3.29. The molecular formula is C14H19BrN2O3S. The predicted molar refractivity (Wildman–Crippen MR) is 84.3 cm³/mol. The zero-order valence-electron chi connectivity index (χ0n) is 11.9. The van der Waals surface area contributed by atoms with Crippen LogP contribution < -0.4 is 5.32 Å². The Hall–Kier alpha value is -0.920. The van der Waals surface area contributed by atoms with Crippen molar-refractivity contribution in [3.8, 4) is 0 Å². The van der Waals surface area contributed by atoms with Crippen LogP contribution in [0.4, 0.5) is 0 Å². The molecule has 2 rings (SSSR count). The van der Waals surface area contributed by atoms with Crippen LogP contribution in [-0.2, 0) is 14.8 Å². The molecule has 0 spiro atoms. The second-order valence-electron chi connectivity index (χ2n) is 5.05. The van der Waals surface area contributed by atoms with Crippen molar-refractivity contribution in [1.82, 2.24) is 9.62 Å². The molecule has 1 N–H and O–H groups in total. The Bertz CT molecular complexity index is 601. The molecule has 116 valence electrons. The summed E-state index contributed by atoms with van der Waals surface area (Å²) in [6, 6.07) is 6.57. The minimum atomic E-state index is -3.53. The largest absolute Gasteiger partial charge is 0.356 e. The van der Waals surface area contributed by atoms with Gasteiger partial charge in [-0.1, -0.05) is 15.9 Å². The van der Waals surface area contributed by atoms with Crippen molar-refractivity contribution in [2.45, 2.75) is 24.7 Å². The zero-order chi connectivity index (χ0) is 15.5. The highest BCUT2D eigenvalue weighted by atomic mass is 79.9. The van der Waals surface area contributed by atoms with Gasteiger partial charge in [-0.3, -0.25) is 4.79 Å². The number of carbonyl (C=O) groups excluding carboxylic acids is 1. The van der Waals surface area contributed by atoms with Gasteiger partial charge >= 0.3 is 0 Å². The van der Waals surface area contributed by atoms with Gasteiger partial charge < -0.3 is 5.32 Å². The molecule has 1 amide bonds. The van der Waals surface area contributed by atoms with Gasteiger partial charge in [0.05, 0.1) is 10.8 Å². The summed E-state index contributed by atoms with van der Waals surface area (Å²) in [5, 5.41) is 2.77. The summed E-state index contributed by atoms with van der Waals surface area (Å²) in [5.41, 5.74) is 0. The first-order valence-electron chi connectivity index (χ1n) is 6.98. The molecule has 0 unspecified atom stereocenters. The van der Waals surface area contributed by atoms with Crippen LogP contribution in [0.15, 0.2) is 33.6 Å². The van der Waals surface area contributed by atoms with Gasteiger partial charge in [-0.2, -0.15) is 4.31 Å². The minimum Gasteiger partial charge on any atom is -0.356 e. The van der Waals surface area contributed by atoms with E-state index >= 15 is 0 Å². The first-order chi connectivity index (χ1) is 9.95. The number of nitrogens with one attached hydrogen (secondary N) is 1. The summed E-state index contributed by atoms with van der Waals surface area (Å²) in [6.07, 6.45) is 1.44.